The van der Waals surface area contributed by atoms with E-state index in [-0.39, 0.29) is 6.03 Å². The number of nitrogens with one attached hydrogen (secondary N) is 2. The molecule has 1 rings (SSSR count). The third kappa shape index (κ3) is 4.25. The second-order valence-corrected chi connectivity index (χ2v) is 4.73. The van der Waals surface area contributed by atoms with Gasteiger partial charge in [-0.3, -0.25) is 5.10 Å². The highest BCUT2D eigenvalue weighted by molar-refractivity contribution is 5.82. The molecule has 2 amide bonds. The van der Waals surface area contributed by atoms with Gasteiger partial charge in [0.1, 0.15) is 6.04 Å². The number of aromatic amines is 1. The van der Waals surface area contributed by atoms with Crippen molar-refractivity contribution in [3.8, 4) is 0 Å². The molecule has 112 valence electrons. The van der Waals surface area contributed by atoms with Crippen molar-refractivity contribution >= 4 is 12.0 Å². The molecule has 3 N–H and O–H groups in total. The number of carbonyl (C=O) groups is 2. The third-order valence-corrected chi connectivity index (χ3v) is 3.29. The molecular formula is C13H22N4O3. The minimum atomic E-state index is -0.987. The normalized spacial score (nSPS) is 11.9. The van der Waals surface area contributed by atoms with Crippen LogP contribution in [0.2, 0.25) is 0 Å². The summed E-state index contributed by atoms with van der Waals surface area (Å²) in [6, 6.07) is -1.14. The van der Waals surface area contributed by atoms with Crippen molar-refractivity contribution in [2.45, 2.75) is 39.2 Å². The van der Waals surface area contributed by atoms with Gasteiger partial charge in [-0.15, -0.1) is 0 Å². The molecule has 0 aromatic carbocycles. The summed E-state index contributed by atoms with van der Waals surface area (Å²) in [6.45, 7) is 4.20. The number of aromatic nitrogens is 2. The van der Waals surface area contributed by atoms with Crippen LogP contribution in [-0.4, -0.2) is 51.8 Å². The van der Waals surface area contributed by atoms with Crippen LogP contribution in [0.4, 0.5) is 4.79 Å². The van der Waals surface area contributed by atoms with Crippen LogP contribution in [0.25, 0.3) is 0 Å². The van der Waals surface area contributed by atoms with Crippen LogP contribution in [0, 0.1) is 6.92 Å². The summed E-state index contributed by atoms with van der Waals surface area (Å²) in [5.41, 5.74) is 2.16. The number of likely N-dealkylation sites (N-methyl/N-ethyl adjacent to an activating group) is 1. The third-order valence-electron chi connectivity index (χ3n) is 3.29. The van der Waals surface area contributed by atoms with Gasteiger partial charge < -0.3 is 15.3 Å². The van der Waals surface area contributed by atoms with Gasteiger partial charge in [0.25, 0.3) is 0 Å². The smallest absolute Gasteiger partial charge is 0.326 e. The molecule has 1 aromatic rings. The van der Waals surface area contributed by atoms with Crippen molar-refractivity contribution < 1.29 is 14.7 Å². The zero-order valence-electron chi connectivity index (χ0n) is 12.1. The van der Waals surface area contributed by atoms with E-state index >= 15 is 0 Å². The molecule has 0 radical (unpaired) electrons. The van der Waals surface area contributed by atoms with E-state index in [2.05, 4.69) is 15.5 Å². The monoisotopic (exact) mass is 282 g/mol. The number of urea groups is 1. The van der Waals surface area contributed by atoms with Crippen LogP contribution in [0.1, 0.15) is 31.0 Å². The van der Waals surface area contributed by atoms with E-state index in [1.807, 2.05) is 6.92 Å². The molecule has 7 heteroatoms. The van der Waals surface area contributed by atoms with Gasteiger partial charge in [0, 0.05) is 19.3 Å². The Hall–Kier alpha value is -2.05. The molecule has 7 nitrogen and oxygen atoms in total. The average Bonchev–Trinajstić information content (AvgIpc) is 2.80. The van der Waals surface area contributed by atoms with E-state index in [9.17, 15) is 9.59 Å². The largest absolute Gasteiger partial charge is 0.480 e. The highest BCUT2D eigenvalue weighted by Gasteiger charge is 2.24. The average molecular weight is 282 g/mol. The Bertz CT molecular complexity index is 458. The molecule has 0 fully saturated rings. The summed E-state index contributed by atoms with van der Waals surface area (Å²) in [7, 11) is 1.50. The molecule has 1 heterocycles. The van der Waals surface area contributed by atoms with E-state index in [4.69, 9.17) is 5.11 Å². The first-order valence-electron chi connectivity index (χ1n) is 6.69. The number of rotatable bonds is 7. The molecule has 0 spiro atoms. The summed E-state index contributed by atoms with van der Waals surface area (Å²) in [4.78, 5) is 24.0. The summed E-state index contributed by atoms with van der Waals surface area (Å²) in [6.07, 6.45) is 3.76. The lowest BCUT2D eigenvalue weighted by atomic mass is 10.1. The van der Waals surface area contributed by atoms with Crippen molar-refractivity contribution in [3.63, 3.8) is 0 Å². The fraction of sp³-hybridized carbons (Fsp3) is 0.615. The molecule has 0 saturated carbocycles. The van der Waals surface area contributed by atoms with Crippen LogP contribution in [-0.2, 0) is 11.2 Å². The molecule has 1 unspecified atom stereocenters. The van der Waals surface area contributed by atoms with Crippen LogP contribution >= 0.6 is 0 Å². The lowest BCUT2D eigenvalue weighted by Crippen LogP contribution is -2.47. The minimum absolute atomic E-state index is 0.358. The Morgan fingerprint density at radius 2 is 2.25 bits per heavy atom. The highest BCUT2D eigenvalue weighted by Crippen LogP contribution is 2.06. The molecule has 1 aromatic heterocycles. The molecule has 1 atom stereocenters. The maximum atomic E-state index is 11.8. The van der Waals surface area contributed by atoms with E-state index in [0.717, 1.165) is 24.1 Å². The number of hydrogen-bond donors (Lipinski definition) is 3. The Labute approximate surface area is 118 Å². The van der Waals surface area contributed by atoms with Crippen molar-refractivity contribution in [2.24, 2.45) is 0 Å². The number of H-pyrrole nitrogens is 1. The SMILES string of the molecule is CCC(C(=O)O)N(C)C(=O)NCCCc1cn[nH]c1C. The molecule has 0 aliphatic carbocycles. The first-order valence-corrected chi connectivity index (χ1v) is 6.69. The fourth-order valence-electron chi connectivity index (χ4n) is 1.98. The summed E-state index contributed by atoms with van der Waals surface area (Å²) >= 11 is 0. The minimum Gasteiger partial charge on any atom is -0.480 e. The number of aliphatic carboxylic acids is 1. The van der Waals surface area contributed by atoms with Crippen molar-refractivity contribution in [3.05, 3.63) is 17.5 Å². The van der Waals surface area contributed by atoms with E-state index in [1.165, 1.54) is 11.9 Å². The maximum Gasteiger partial charge on any atom is 0.326 e. The number of carbonyl (C=O) groups excluding carboxylic acids is 1. The van der Waals surface area contributed by atoms with Gasteiger partial charge in [-0.2, -0.15) is 5.10 Å². The van der Waals surface area contributed by atoms with E-state index in [0.29, 0.717) is 13.0 Å². The number of carboxylic acids is 1. The topological polar surface area (TPSA) is 98.3 Å². The van der Waals surface area contributed by atoms with Gasteiger partial charge in [-0.1, -0.05) is 6.92 Å². The Morgan fingerprint density at radius 1 is 1.55 bits per heavy atom. The lowest BCUT2D eigenvalue weighted by molar-refractivity contribution is -0.141. The summed E-state index contributed by atoms with van der Waals surface area (Å²) in [5, 5.41) is 18.5. The number of nitrogens with zero attached hydrogens (tertiary/aromatic N) is 2. The quantitative estimate of drug-likeness (QED) is 0.653. The van der Waals surface area contributed by atoms with Gasteiger partial charge in [0.05, 0.1) is 6.20 Å². The molecular weight excluding hydrogens is 260 g/mol. The molecule has 0 saturated heterocycles. The lowest BCUT2D eigenvalue weighted by Gasteiger charge is -2.23. The van der Waals surface area contributed by atoms with Crippen molar-refractivity contribution in [2.75, 3.05) is 13.6 Å². The number of carboxylic acid groups (broad SMARTS) is 1. The number of amides is 2. The fourth-order valence-corrected chi connectivity index (χ4v) is 1.98. The van der Waals surface area contributed by atoms with Crippen molar-refractivity contribution in [1.29, 1.82) is 0 Å². The predicted octanol–water partition coefficient (Wildman–Crippen LogP) is 1.16. The maximum absolute atomic E-state index is 11.8. The molecule has 0 bridgehead atoms. The van der Waals surface area contributed by atoms with Crippen LogP contribution < -0.4 is 5.32 Å². The zero-order valence-corrected chi connectivity index (χ0v) is 12.1. The van der Waals surface area contributed by atoms with Gasteiger partial charge in [-0.25, -0.2) is 9.59 Å². The van der Waals surface area contributed by atoms with Gasteiger partial charge in [0.2, 0.25) is 0 Å². The number of aryl methyl sites for hydroxylation is 2. The second-order valence-electron chi connectivity index (χ2n) is 4.73. The molecule has 0 aliphatic heterocycles. The van der Waals surface area contributed by atoms with Gasteiger partial charge in [-0.05, 0) is 31.7 Å². The number of hydrogen-bond acceptors (Lipinski definition) is 3. The predicted molar refractivity (Wildman–Crippen MR) is 74.5 cm³/mol. The summed E-state index contributed by atoms with van der Waals surface area (Å²) in [5.74, 6) is -0.987. The van der Waals surface area contributed by atoms with E-state index in [1.54, 1.807) is 13.1 Å². The van der Waals surface area contributed by atoms with Crippen molar-refractivity contribution in [1.82, 2.24) is 20.4 Å². The second kappa shape index (κ2) is 7.52. The van der Waals surface area contributed by atoms with E-state index < -0.39 is 12.0 Å². The van der Waals surface area contributed by atoms with Crippen LogP contribution in [0.15, 0.2) is 6.20 Å². The Kier molecular flexibility index (Phi) is 6.02. The molecule has 20 heavy (non-hydrogen) atoms. The molecule has 0 aliphatic rings. The first-order chi connectivity index (χ1) is 9.47. The summed E-state index contributed by atoms with van der Waals surface area (Å²) < 4.78 is 0. The van der Waals surface area contributed by atoms with Gasteiger partial charge >= 0.3 is 12.0 Å². The Morgan fingerprint density at radius 3 is 2.75 bits per heavy atom. The van der Waals surface area contributed by atoms with Crippen LogP contribution in [0.5, 0.6) is 0 Å². The van der Waals surface area contributed by atoms with Crippen LogP contribution in [0.3, 0.4) is 0 Å². The first kappa shape index (κ1) is 16.0. The Balaban J connectivity index is 2.32. The zero-order chi connectivity index (χ0) is 15.1. The van der Waals surface area contributed by atoms with Gasteiger partial charge in [0.15, 0.2) is 0 Å². The standard InChI is InChI=1S/C13H22N4O3/c1-4-11(12(18)19)17(3)13(20)14-7-5-6-10-8-15-16-9(10)2/h8,11H,4-7H2,1-3H3,(H,14,20)(H,15,16)(H,18,19). The highest BCUT2D eigenvalue weighted by atomic mass is 16.4.